The number of fused-ring (bicyclic) bond motifs is 6. The number of amides is 2. The van der Waals surface area contributed by atoms with Gasteiger partial charge < -0.3 is 15.4 Å². The molecule has 6 unspecified atom stereocenters. The Morgan fingerprint density at radius 3 is 2.88 bits per heavy atom. The molecular formula is C20H26N2O2. The van der Waals surface area contributed by atoms with Crippen molar-refractivity contribution < 1.29 is 9.53 Å². The van der Waals surface area contributed by atoms with E-state index in [0.29, 0.717) is 19.3 Å². The molecule has 3 fully saturated rings. The lowest BCUT2D eigenvalue weighted by Crippen LogP contribution is -2.48. The number of carbonyl (C=O) groups is 1. The normalized spacial score (nSPS) is 39.3. The maximum atomic E-state index is 12.6. The quantitative estimate of drug-likeness (QED) is 0.875. The van der Waals surface area contributed by atoms with Crippen LogP contribution in [0.1, 0.15) is 49.3 Å². The highest BCUT2D eigenvalue weighted by Gasteiger charge is 2.54. The molecule has 128 valence electrons. The molecule has 24 heavy (non-hydrogen) atoms. The van der Waals surface area contributed by atoms with Gasteiger partial charge in [-0.2, -0.15) is 0 Å². The average molecular weight is 326 g/mol. The average Bonchev–Trinajstić information content (AvgIpc) is 3.28. The first-order valence-electron chi connectivity index (χ1n) is 9.52. The molecule has 2 amide bonds. The summed E-state index contributed by atoms with van der Waals surface area (Å²) in [6, 6.07) is 8.57. The van der Waals surface area contributed by atoms with Gasteiger partial charge in [-0.1, -0.05) is 30.7 Å². The van der Waals surface area contributed by atoms with Crippen molar-refractivity contribution in [2.45, 2.75) is 50.8 Å². The van der Waals surface area contributed by atoms with Crippen LogP contribution in [0.4, 0.5) is 4.79 Å². The molecule has 0 aromatic heterocycles. The zero-order valence-electron chi connectivity index (χ0n) is 14.0. The van der Waals surface area contributed by atoms with Crippen molar-refractivity contribution in [3.8, 4) is 0 Å². The second kappa shape index (κ2) is 5.76. The van der Waals surface area contributed by atoms with Crippen LogP contribution in [0.5, 0.6) is 0 Å². The molecule has 3 saturated carbocycles. The molecule has 3 aliphatic carbocycles. The molecule has 5 rings (SSSR count). The smallest absolute Gasteiger partial charge is 0.315 e. The molecule has 2 N–H and O–H groups in total. The number of hydrogen-bond acceptors (Lipinski definition) is 2. The Morgan fingerprint density at radius 2 is 1.92 bits per heavy atom. The minimum atomic E-state index is -0.0345. The summed E-state index contributed by atoms with van der Waals surface area (Å²) >= 11 is 0. The van der Waals surface area contributed by atoms with E-state index in [1.807, 2.05) is 12.1 Å². The standard InChI is InChI=1S/C20H26N2O2/c23-20(22-19-11-24-10-12-4-1-2-5-15(12)19)21-18-9-13-8-17(18)16-7-3-6-14(13)16/h1-2,4-5,13-14,16-19H,3,6-11H2,(H2,21,22,23). The maximum Gasteiger partial charge on any atom is 0.315 e. The Hall–Kier alpha value is -1.55. The van der Waals surface area contributed by atoms with Gasteiger partial charge in [-0.3, -0.25) is 0 Å². The third-order valence-corrected chi connectivity index (χ3v) is 7.02. The third kappa shape index (κ3) is 2.34. The first-order valence-corrected chi connectivity index (χ1v) is 9.52. The van der Waals surface area contributed by atoms with Crippen LogP contribution in [0.3, 0.4) is 0 Å². The van der Waals surface area contributed by atoms with Crippen LogP contribution in [0, 0.1) is 23.7 Å². The van der Waals surface area contributed by atoms with Crippen LogP contribution in [0.15, 0.2) is 24.3 Å². The molecule has 2 bridgehead atoms. The Morgan fingerprint density at radius 1 is 1.04 bits per heavy atom. The number of benzene rings is 1. The van der Waals surface area contributed by atoms with Crippen LogP contribution in [-0.4, -0.2) is 18.7 Å². The number of ether oxygens (including phenoxy) is 1. The summed E-state index contributed by atoms with van der Waals surface area (Å²) in [5.74, 6) is 3.44. The van der Waals surface area contributed by atoms with E-state index in [1.165, 1.54) is 43.2 Å². The third-order valence-electron chi connectivity index (χ3n) is 7.02. The molecule has 4 aliphatic rings. The number of carbonyl (C=O) groups excluding carboxylic acids is 1. The SMILES string of the molecule is O=C(NC1COCc2ccccc21)NC1CC2CC1C1CCCC21. The number of rotatable bonds is 2. The topological polar surface area (TPSA) is 50.4 Å². The summed E-state index contributed by atoms with van der Waals surface area (Å²) < 4.78 is 5.64. The molecule has 1 aliphatic heterocycles. The van der Waals surface area contributed by atoms with Gasteiger partial charge in [-0.25, -0.2) is 4.79 Å². The fourth-order valence-electron chi connectivity index (χ4n) is 6.10. The minimum absolute atomic E-state index is 0.0209. The highest BCUT2D eigenvalue weighted by Crippen LogP contribution is 2.58. The second-order valence-electron chi connectivity index (χ2n) is 8.14. The predicted molar refractivity (Wildman–Crippen MR) is 91.3 cm³/mol. The van der Waals surface area contributed by atoms with Gasteiger partial charge >= 0.3 is 6.03 Å². The van der Waals surface area contributed by atoms with Crippen molar-refractivity contribution in [3.63, 3.8) is 0 Å². The Bertz CT molecular complexity index is 646. The van der Waals surface area contributed by atoms with Gasteiger partial charge in [0, 0.05) is 6.04 Å². The molecule has 1 aromatic rings. The van der Waals surface area contributed by atoms with Gasteiger partial charge in [0.05, 0.1) is 19.3 Å². The summed E-state index contributed by atoms with van der Waals surface area (Å²) in [5.41, 5.74) is 2.38. The van der Waals surface area contributed by atoms with Gasteiger partial charge in [0.1, 0.15) is 0 Å². The number of hydrogen-bond donors (Lipinski definition) is 2. The highest BCUT2D eigenvalue weighted by atomic mass is 16.5. The number of urea groups is 1. The summed E-state index contributed by atoms with van der Waals surface area (Å²) in [6.45, 7) is 1.21. The molecule has 0 spiro atoms. The monoisotopic (exact) mass is 326 g/mol. The minimum Gasteiger partial charge on any atom is -0.374 e. The number of nitrogens with one attached hydrogen (secondary N) is 2. The van der Waals surface area contributed by atoms with E-state index >= 15 is 0 Å². The van der Waals surface area contributed by atoms with E-state index in [1.54, 1.807) is 0 Å². The van der Waals surface area contributed by atoms with Crippen molar-refractivity contribution in [3.05, 3.63) is 35.4 Å². The van der Waals surface area contributed by atoms with Crippen LogP contribution >= 0.6 is 0 Å². The van der Waals surface area contributed by atoms with Crippen molar-refractivity contribution in [2.24, 2.45) is 23.7 Å². The van der Waals surface area contributed by atoms with Gasteiger partial charge in [0.25, 0.3) is 0 Å². The summed E-state index contributed by atoms with van der Waals surface area (Å²) in [5, 5.41) is 6.44. The lowest BCUT2D eigenvalue weighted by Gasteiger charge is -2.33. The molecule has 0 saturated heterocycles. The maximum absolute atomic E-state index is 12.6. The lowest BCUT2D eigenvalue weighted by atomic mass is 9.79. The van der Waals surface area contributed by atoms with Crippen LogP contribution in [0.25, 0.3) is 0 Å². The van der Waals surface area contributed by atoms with Crippen LogP contribution in [-0.2, 0) is 11.3 Å². The van der Waals surface area contributed by atoms with E-state index in [2.05, 4.69) is 22.8 Å². The first kappa shape index (κ1) is 14.8. The molecule has 0 radical (unpaired) electrons. The fourth-order valence-corrected chi connectivity index (χ4v) is 6.10. The van der Waals surface area contributed by atoms with Gasteiger partial charge in [0.15, 0.2) is 0 Å². The zero-order valence-corrected chi connectivity index (χ0v) is 14.0. The summed E-state index contributed by atoms with van der Waals surface area (Å²) in [4.78, 5) is 12.6. The van der Waals surface area contributed by atoms with Crippen molar-refractivity contribution in [1.29, 1.82) is 0 Å². The van der Waals surface area contributed by atoms with E-state index in [0.717, 1.165) is 23.7 Å². The molecule has 6 atom stereocenters. The highest BCUT2D eigenvalue weighted by molar-refractivity contribution is 5.75. The van der Waals surface area contributed by atoms with Crippen LogP contribution in [0.2, 0.25) is 0 Å². The fraction of sp³-hybridized carbons (Fsp3) is 0.650. The second-order valence-corrected chi connectivity index (χ2v) is 8.14. The van der Waals surface area contributed by atoms with Gasteiger partial charge in [0.2, 0.25) is 0 Å². The van der Waals surface area contributed by atoms with Crippen molar-refractivity contribution >= 4 is 6.03 Å². The zero-order chi connectivity index (χ0) is 16.1. The predicted octanol–water partition coefficient (Wildman–Crippen LogP) is 3.38. The first-order chi connectivity index (χ1) is 11.8. The van der Waals surface area contributed by atoms with E-state index in [9.17, 15) is 4.79 Å². The summed E-state index contributed by atoms with van der Waals surface area (Å²) in [7, 11) is 0. The molecule has 1 heterocycles. The Labute approximate surface area is 143 Å². The Kier molecular flexibility index (Phi) is 3.55. The van der Waals surface area contributed by atoms with Gasteiger partial charge in [-0.15, -0.1) is 0 Å². The molecule has 4 heteroatoms. The van der Waals surface area contributed by atoms with Crippen LogP contribution < -0.4 is 10.6 Å². The largest absolute Gasteiger partial charge is 0.374 e. The van der Waals surface area contributed by atoms with Crippen molar-refractivity contribution in [1.82, 2.24) is 10.6 Å². The molecule has 1 aromatic carbocycles. The summed E-state index contributed by atoms with van der Waals surface area (Å²) in [6.07, 6.45) is 6.75. The van der Waals surface area contributed by atoms with E-state index in [4.69, 9.17) is 4.74 Å². The van der Waals surface area contributed by atoms with Crippen molar-refractivity contribution in [2.75, 3.05) is 6.61 Å². The van der Waals surface area contributed by atoms with Gasteiger partial charge in [-0.05, 0) is 60.5 Å². The Balaban J connectivity index is 1.23. The van der Waals surface area contributed by atoms with E-state index < -0.39 is 0 Å². The van der Waals surface area contributed by atoms with E-state index in [-0.39, 0.29) is 12.1 Å². The molecular weight excluding hydrogens is 300 g/mol. The molecule has 4 nitrogen and oxygen atoms in total. The lowest BCUT2D eigenvalue weighted by molar-refractivity contribution is 0.0838.